The van der Waals surface area contributed by atoms with Crippen LogP contribution >= 0.6 is 11.6 Å². The largest absolute Gasteiger partial charge is 0.382 e. The Labute approximate surface area is 141 Å². The van der Waals surface area contributed by atoms with E-state index in [1.54, 1.807) is 13.3 Å². The maximum absolute atomic E-state index is 12.1. The lowest BCUT2D eigenvalue weighted by molar-refractivity contribution is -0.122. The SMILES string of the molecule is COCC(NC(=O)CCCc1ccc(Cl)cc1)c1ccccn1. The fourth-order valence-corrected chi connectivity index (χ4v) is 2.45. The smallest absolute Gasteiger partial charge is 0.220 e. The summed E-state index contributed by atoms with van der Waals surface area (Å²) in [5, 5.41) is 3.71. The summed E-state index contributed by atoms with van der Waals surface area (Å²) in [5.74, 6) is 0.00617. The van der Waals surface area contributed by atoms with Gasteiger partial charge in [-0.3, -0.25) is 9.78 Å². The van der Waals surface area contributed by atoms with Crippen molar-refractivity contribution in [3.05, 3.63) is 64.9 Å². The van der Waals surface area contributed by atoms with Gasteiger partial charge in [0.25, 0.3) is 0 Å². The number of halogens is 1. The standard InChI is InChI=1S/C18H21ClN2O2/c1-23-13-17(16-6-2-3-12-20-16)21-18(22)7-4-5-14-8-10-15(19)11-9-14/h2-3,6,8-12,17H,4-5,7,13H2,1H3,(H,21,22). The molecule has 1 aromatic heterocycles. The van der Waals surface area contributed by atoms with Gasteiger partial charge in [0.1, 0.15) is 0 Å². The van der Waals surface area contributed by atoms with Crippen molar-refractivity contribution in [3.8, 4) is 0 Å². The second-order valence-electron chi connectivity index (χ2n) is 5.31. The Kier molecular flexibility index (Phi) is 7.04. The van der Waals surface area contributed by atoms with Crippen LogP contribution in [0.15, 0.2) is 48.7 Å². The predicted octanol–water partition coefficient (Wildman–Crippen LogP) is 3.56. The van der Waals surface area contributed by atoms with Gasteiger partial charge in [0.15, 0.2) is 0 Å². The molecule has 2 rings (SSSR count). The number of methoxy groups -OCH3 is 1. The number of carbonyl (C=O) groups is 1. The van der Waals surface area contributed by atoms with Gasteiger partial charge in [-0.1, -0.05) is 29.8 Å². The van der Waals surface area contributed by atoms with E-state index in [9.17, 15) is 4.79 Å². The van der Waals surface area contributed by atoms with Crippen LogP contribution in [0, 0.1) is 0 Å². The molecule has 5 heteroatoms. The van der Waals surface area contributed by atoms with Gasteiger partial charge in [-0.2, -0.15) is 0 Å². The van der Waals surface area contributed by atoms with Crippen molar-refractivity contribution in [3.63, 3.8) is 0 Å². The maximum atomic E-state index is 12.1. The summed E-state index contributed by atoms with van der Waals surface area (Å²) in [5.41, 5.74) is 1.99. The van der Waals surface area contributed by atoms with E-state index in [1.165, 1.54) is 5.56 Å². The van der Waals surface area contributed by atoms with Crippen LogP contribution in [-0.2, 0) is 16.0 Å². The van der Waals surface area contributed by atoms with Gasteiger partial charge in [-0.15, -0.1) is 0 Å². The lowest BCUT2D eigenvalue weighted by Gasteiger charge is -2.17. The number of pyridine rings is 1. The number of rotatable bonds is 8. The van der Waals surface area contributed by atoms with E-state index in [-0.39, 0.29) is 11.9 Å². The summed E-state index contributed by atoms with van der Waals surface area (Å²) in [6.45, 7) is 0.403. The number of hydrogen-bond donors (Lipinski definition) is 1. The maximum Gasteiger partial charge on any atom is 0.220 e. The van der Waals surface area contributed by atoms with Crippen LogP contribution in [0.1, 0.15) is 30.1 Å². The van der Waals surface area contributed by atoms with Gasteiger partial charge in [0.2, 0.25) is 5.91 Å². The third kappa shape index (κ3) is 6.00. The molecule has 0 spiro atoms. The molecule has 1 aromatic carbocycles. The Morgan fingerprint density at radius 2 is 2.04 bits per heavy atom. The van der Waals surface area contributed by atoms with Crippen LogP contribution in [0.5, 0.6) is 0 Å². The zero-order chi connectivity index (χ0) is 16.5. The van der Waals surface area contributed by atoms with E-state index in [2.05, 4.69) is 10.3 Å². The number of aryl methyl sites for hydroxylation is 1. The number of amides is 1. The van der Waals surface area contributed by atoms with Crippen LogP contribution in [0.2, 0.25) is 5.02 Å². The summed E-state index contributed by atoms with van der Waals surface area (Å²) < 4.78 is 5.18. The molecule has 0 saturated carbocycles. The van der Waals surface area contributed by atoms with E-state index >= 15 is 0 Å². The summed E-state index contributed by atoms with van der Waals surface area (Å²) in [6.07, 6.45) is 3.82. The van der Waals surface area contributed by atoms with Gasteiger partial charge >= 0.3 is 0 Å². The Bertz CT molecular complexity index is 602. The molecule has 0 saturated heterocycles. The highest BCUT2D eigenvalue weighted by atomic mass is 35.5. The molecule has 2 aromatic rings. The first kappa shape index (κ1) is 17.4. The van der Waals surface area contributed by atoms with Crippen molar-refractivity contribution < 1.29 is 9.53 Å². The molecule has 0 aliphatic heterocycles. The van der Waals surface area contributed by atoms with Crippen molar-refractivity contribution in [2.24, 2.45) is 0 Å². The quantitative estimate of drug-likeness (QED) is 0.804. The van der Waals surface area contributed by atoms with Crippen molar-refractivity contribution in [1.29, 1.82) is 0 Å². The number of nitrogens with zero attached hydrogens (tertiary/aromatic N) is 1. The molecule has 0 fully saturated rings. The lowest BCUT2D eigenvalue weighted by Crippen LogP contribution is -2.31. The van der Waals surface area contributed by atoms with E-state index < -0.39 is 0 Å². The summed E-state index contributed by atoms with van der Waals surface area (Å²) in [4.78, 5) is 16.4. The predicted molar refractivity (Wildman–Crippen MR) is 91.4 cm³/mol. The van der Waals surface area contributed by atoms with Crippen LogP contribution < -0.4 is 5.32 Å². The van der Waals surface area contributed by atoms with Crippen LogP contribution in [-0.4, -0.2) is 24.6 Å². The molecule has 1 heterocycles. The van der Waals surface area contributed by atoms with Gasteiger partial charge in [0, 0.05) is 24.8 Å². The summed E-state index contributed by atoms with van der Waals surface area (Å²) in [7, 11) is 1.61. The molecule has 1 N–H and O–H groups in total. The highest BCUT2D eigenvalue weighted by Gasteiger charge is 2.15. The molecule has 1 atom stereocenters. The van der Waals surface area contributed by atoms with E-state index in [0.717, 1.165) is 23.6 Å². The van der Waals surface area contributed by atoms with E-state index in [0.29, 0.717) is 13.0 Å². The molecular formula is C18H21ClN2O2. The van der Waals surface area contributed by atoms with E-state index in [1.807, 2.05) is 42.5 Å². The minimum atomic E-state index is -0.218. The van der Waals surface area contributed by atoms with Gasteiger partial charge < -0.3 is 10.1 Å². The second-order valence-corrected chi connectivity index (χ2v) is 5.75. The molecule has 122 valence electrons. The summed E-state index contributed by atoms with van der Waals surface area (Å²) in [6, 6.07) is 13.1. The molecule has 4 nitrogen and oxygen atoms in total. The third-order valence-corrected chi connectivity index (χ3v) is 3.75. The lowest BCUT2D eigenvalue weighted by atomic mass is 10.1. The van der Waals surface area contributed by atoms with Crippen LogP contribution in [0.3, 0.4) is 0 Å². The Morgan fingerprint density at radius 3 is 2.70 bits per heavy atom. The molecule has 0 bridgehead atoms. The minimum Gasteiger partial charge on any atom is -0.382 e. The van der Waals surface area contributed by atoms with Crippen LogP contribution in [0.25, 0.3) is 0 Å². The normalized spacial score (nSPS) is 11.9. The van der Waals surface area contributed by atoms with Gasteiger partial charge in [0.05, 0.1) is 18.3 Å². The average Bonchev–Trinajstić information content (AvgIpc) is 2.57. The van der Waals surface area contributed by atoms with Crippen molar-refractivity contribution in [2.75, 3.05) is 13.7 Å². The highest BCUT2D eigenvalue weighted by molar-refractivity contribution is 6.30. The second kappa shape index (κ2) is 9.28. The van der Waals surface area contributed by atoms with Crippen molar-refractivity contribution in [1.82, 2.24) is 10.3 Å². The molecule has 0 aliphatic rings. The van der Waals surface area contributed by atoms with Crippen molar-refractivity contribution >= 4 is 17.5 Å². The number of nitrogens with one attached hydrogen (secondary N) is 1. The Morgan fingerprint density at radius 1 is 1.26 bits per heavy atom. The topological polar surface area (TPSA) is 51.2 Å². The molecule has 23 heavy (non-hydrogen) atoms. The first-order chi connectivity index (χ1) is 11.2. The summed E-state index contributed by atoms with van der Waals surface area (Å²) >= 11 is 5.86. The van der Waals surface area contributed by atoms with E-state index in [4.69, 9.17) is 16.3 Å². The number of benzene rings is 1. The van der Waals surface area contributed by atoms with Gasteiger partial charge in [-0.25, -0.2) is 0 Å². The van der Waals surface area contributed by atoms with Crippen LogP contribution in [0.4, 0.5) is 0 Å². The molecule has 1 amide bonds. The fourth-order valence-electron chi connectivity index (χ4n) is 2.32. The van der Waals surface area contributed by atoms with Gasteiger partial charge in [-0.05, 0) is 42.7 Å². The zero-order valence-electron chi connectivity index (χ0n) is 13.2. The molecular weight excluding hydrogens is 312 g/mol. The van der Waals surface area contributed by atoms with Crippen molar-refractivity contribution in [2.45, 2.75) is 25.3 Å². The first-order valence-electron chi connectivity index (χ1n) is 7.62. The number of carbonyl (C=O) groups excluding carboxylic acids is 1. The Hall–Kier alpha value is -1.91. The molecule has 1 unspecified atom stereocenters. The number of aromatic nitrogens is 1. The Balaban J connectivity index is 1.81. The molecule has 0 aliphatic carbocycles. The number of hydrogen-bond acceptors (Lipinski definition) is 3. The molecule has 0 radical (unpaired) electrons. The highest BCUT2D eigenvalue weighted by Crippen LogP contribution is 2.13. The average molecular weight is 333 g/mol. The monoisotopic (exact) mass is 332 g/mol. The minimum absolute atomic E-state index is 0.00617. The first-order valence-corrected chi connectivity index (χ1v) is 8.00. The third-order valence-electron chi connectivity index (χ3n) is 3.50. The fraction of sp³-hybridized carbons (Fsp3) is 0.333. The zero-order valence-corrected chi connectivity index (χ0v) is 13.9. The number of ether oxygens (including phenoxy) is 1.